The number of aromatic amines is 1. The maximum absolute atomic E-state index is 13.5. The van der Waals surface area contributed by atoms with Crippen molar-refractivity contribution in [3.8, 4) is 0 Å². The maximum Gasteiger partial charge on any atom is 0.276 e. The number of fused-ring (bicyclic) bond motifs is 3. The highest BCUT2D eigenvalue weighted by Crippen LogP contribution is 2.29. The second-order valence-corrected chi connectivity index (χ2v) is 12.1. The van der Waals surface area contributed by atoms with E-state index in [1.165, 1.54) is 10.4 Å². The Kier molecular flexibility index (Phi) is 7.83. The van der Waals surface area contributed by atoms with Gasteiger partial charge in [0.25, 0.3) is 11.8 Å². The first-order valence-corrected chi connectivity index (χ1v) is 15.6. The molecule has 0 saturated carbocycles. The van der Waals surface area contributed by atoms with Crippen molar-refractivity contribution in [2.24, 2.45) is 0 Å². The van der Waals surface area contributed by atoms with Crippen LogP contribution >= 0.6 is 11.3 Å². The number of imidazole rings is 1. The molecule has 3 aromatic carbocycles. The van der Waals surface area contributed by atoms with Crippen LogP contribution in [0.5, 0.6) is 0 Å². The molecule has 220 valence electrons. The second kappa shape index (κ2) is 12.4. The van der Waals surface area contributed by atoms with Gasteiger partial charge in [0.05, 0.1) is 16.8 Å². The molecular weight excluding hydrogens is 570 g/mol. The number of nitrogens with one attached hydrogen (secondary N) is 3. The van der Waals surface area contributed by atoms with Gasteiger partial charge in [-0.25, -0.2) is 9.97 Å². The lowest BCUT2D eigenvalue weighted by Gasteiger charge is -2.24. The van der Waals surface area contributed by atoms with E-state index in [1.807, 2.05) is 36.4 Å². The van der Waals surface area contributed by atoms with Gasteiger partial charge in [-0.1, -0.05) is 60.7 Å². The summed E-state index contributed by atoms with van der Waals surface area (Å²) in [5.74, 6) is -0.439. The fourth-order valence-corrected chi connectivity index (χ4v) is 6.65. The topological polar surface area (TPSA) is 116 Å². The number of H-pyrrole nitrogens is 1. The standard InChI is InChI=1S/C34H31N7O2S/c42-31(40-34-37-26-14-6-7-17-41(21-29(26)44-34)18-16-22-9-2-1-3-10-22)25-13-8-15-27-30(25)38-33(36-27)39-32(43)28-19-23-11-4-5-12-24(23)20-35-28/h1-5,8-13,15,19-20H,6-7,14,16-18,21H2,(H,37,40,42)(H2,36,38,39,43). The normalized spacial score (nSPS) is 13.7. The van der Waals surface area contributed by atoms with Gasteiger partial charge in [0, 0.05) is 29.5 Å². The van der Waals surface area contributed by atoms with Crippen molar-refractivity contribution in [1.29, 1.82) is 0 Å². The first kappa shape index (κ1) is 27.9. The molecule has 0 saturated heterocycles. The third kappa shape index (κ3) is 6.08. The number of hydrogen-bond acceptors (Lipinski definition) is 7. The highest BCUT2D eigenvalue weighted by Gasteiger charge is 2.21. The number of nitrogens with zero attached hydrogens (tertiary/aromatic N) is 4. The minimum atomic E-state index is -0.390. The van der Waals surface area contributed by atoms with E-state index >= 15 is 0 Å². The predicted molar refractivity (Wildman–Crippen MR) is 174 cm³/mol. The van der Waals surface area contributed by atoms with Gasteiger partial charge in [0.2, 0.25) is 5.95 Å². The van der Waals surface area contributed by atoms with E-state index in [-0.39, 0.29) is 23.5 Å². The van der Waals surface area contributed by atoms with Crippen LogP contribution in [-0.4, -0.2) is 49.7 Å². The zero-order valence-corrected chi connectivity index (χ0v) is 24.9. The molecule has 0 aliphatic carbocycles. The van der Waals surface area contributed by atoms with Gasteiger partial charge in [-0.15, -0.1) is 11.3 Å². The smallest absolute Gasteiger partial charge is 0.276 e. The fraction of sp³-hybridized carbons (Fsp3) is 0.206. The molecule has 0 spiro atoms. The first-order valence-electron chi connectivity index (χ1n) is 14.8. The Hall–Kier alpha value is -4.93. The quantitative estimate of drug-likeness (QED) is 0.194. The van der Waals surface area contributed by atoms with Gasteiger partial charge >= 0.3 is 0 Å². The van der Waals surface area contributed by atoms with Crippen LogP contribution in [0.2, 0.25) is 0 Å². The van der Waals surface area contributed by atoms with Gasteiger partial charge < -0.3 is 4.98 Å². The predicted octanol–water partition coefficient (Wildman–Crippen LogP) is 6.45. The molecule has 0 atom stereocenters. The monoisotopic (exact) mass is 601 g/mol. The van der Waals surface area contributed by atoms with Crippen LogP contribution in [-0.2, 0) is 19.4 Å². The van der Waals surface area contributed by atoms with E-state index < -0.39 is 0 Å². The Balaban J connectivity index is 1.05. The number of para-hydroxylation sites is 1. The molecule has 10 heteroatoms. The number of hydrogen-bond donors (Lipinski definition) is 3. The lowest BCUT2D eigenvalue weighted by molar-refractivity contribution is 0.101. The second-order valence-electron chi connectivity index (χ2n) is 11.0. The van der Waals surface area contributed by atoms with Gasteiger partial charge in [-0.05, 0) is 61.4 Å². The molecule has 0 unspecified atom stereocenters. The Morgan fingerprint density at radius 1 is 0.886 bits per heavy atom. The number of rotatable bonds is 7. The molecule has 0 fully saturated rings. The summed E-state index contributed by atoms with van der Waals surface area (Å²) in [6.45, 7) is 2.88. The van der Waals surface area contributed by atoms with Crippen molar-refractivity contribution in [3.63, 3.8) is 0 Å². The molecule has 0 bridgehead atoms. The number of pyridine rings is 1. The van der Waals surface area contributed by atoms with Crippen LogP contribution in [0, 0.1) is 0 Å². The van der Waals surface area contributed by atoms with E-state index in [0.29, 0.717) is 21.7 Å². The summed E-state index contributed by atoms with van der Waals surface area (Å²) in [6, 6.07) is 25.4. The number of aromatic nitrogens is 4. The highest BCUT2D eigenvalue weighted by molar-refractivity contribution is 7.15. The molecule has 0 radical (unpaired) electrons. The molecule has 1 aliphatic rings. The number of carbonyl (C=O) groups excluding carboxylic acids is 2. The Morgan fingerprint density at radius 3 is 2.61 bits per heavy atom. The minimum Gasteiger partial charge on any atom is -0.324 e. The van der Waals surface area contributed by atoms with Crippen molar-refractivity contribution < 1.29 is 9.59 Å². The highest BCUT2D eigenvalue weighted by atomic mass is 32.1. The van der Waals surface area contributed by atoms with Crippen LogP contribution < -0.4 is 10.6 Å². The summed E-state index contributed by atoms with van der Waals surface area (Å²) in [6.07, 6.45) is 5.80. The fourth-order valence-electron chi connectivity index (χ4n) is 5.61. The number of carbonyl (C=O) groups is 2. The molecule has 3 aromatic heterocycles. The zero-order chi connectivity index (χ0) is 29.9. The summed E-state index contributed by atoms with van der Waals surface area (Å²) in [4.78, 5) is 46.9. The molecular formula is C34H31N7O2S. The summed E-state index contributed by atoms with van der Waals surface area (Å²) in [5, 5.41) is 8.26. The number of benzene rings is 3. The summed E-state index contributed by atoms with van der Waals surface area (Å²) in [7, 11) is 0. The van der Waals surface area contributed by atoms with Crippen LogP contribution in [0.3, 0.4) is 0 Å². The Morgan fingerprint density at radius 2 is 1.73 bits per heavy atom. The lowest BCUT2D eigenvalue weighted by Crippen LogP contribution is -2.28. The van der Waals surface area contributed by atoms with Crippen LogP contribution in [0.25, 0.3) is 21.8 Å². The van der Waals surface area contributed by atoms with E-state index in [0.717, 1.165) is 61.8 Å². The first-order chi connectivity index (χ1) is 21.6. The van der Waals surface area contributed by atoms with Crippen LogP contribution in [0.4, 0.5) is 11.1 Å². The third-order valence-corrected chi connectivity index (χ3v) is 8.91. The lowest BCUT2D eigenvalue weighted by atomic mass is 10.1. The number of amides is 2. The Labute approximate surface area is 258 Å². The van der Waals surface area contributed by atoms with Gasteiger partial charge in [0.1, 0.15) is 11.2 Å². The van der Waals surface area contributed by atoms with Gasteiger partial charge in [-0.3, -0.25) is 30.1 Å². The van der Waals surface area contributed by atoms with Crippen LogP contribution in [0.15, 0.2) is 85.1 Å². The molecule has 7 rings (SSSR count). The molecule has 1 aliphatic heterocycles. The van der Waals surface area contributed by atoms with E-state index in [9.17, 15) is 9.59 Å². The number of thiazole rings is 1. The molecule has 4 heterocycles. The average Bonchev–Trinajstić information content (AvgIpc) is 3.62. The van der Waals surface area contributed by atoms with Crippen molar-refractivity contribution in [2.75, 3.05) is 23.7 Å². The van der Waals surface area contributed by atoms with Crippen LogP contribution in [0.1, 0.15) is 49.8 Å². The summed E-state index contributed by atoms with van der Waals surface area (Å²) < 4.78 is 0. The van der Waals surface area contributed by atoms with Crippen molar-refractivity contribution in [3.05, 3.63) is 112 Å². The molecule has 9 nitrogen and oxygen atoms in total. The van der Waals surface area contributed by atoms with E-state index in [1.54, 1.807) is 35.7 Å². The van der Waals surface area contributed by atoms with Gasteiger partial charge in [-0.2, -0.15) is 0 Å². The van der Waals surface area contributed by atoms with E-state index in [2.05, 4.69) is 54.8 Å². The third-order valence-electron chi connectivity index (χ3n) is 7.92. The molecule has 3 N–H and O–H groups in total. The van der Waals surface area contributed by atoms with E-state index in [4.69, 9.17) is 4.98 Å². The molecule has 6 aromatic rings. The maximum atomic E-state index is 13.5. The molecule has 2 amide bonds. The number of aryl methyl sites for hydroxylation is 1. The van der Waals surface area contributed by atoms with Gasteiger partial charge in [0.15, 0.2) is 5.13 Å². The molecule has 44 heavy (non-hydrogen) atoms. The van der Waals surface area contributed by atoms with Crippen molar-refractivity contribution >= 4 is 56.0 Å². The largest absolute Gasteiger partial charge is 0.324 e. The van der Waals surface area contributed by atoms with Crippen molar-refractivity contribution in [2.45, 2.75) is 32.2 Å². The zero-order valence-electron chi connectivity index (χ0n) is 24.0. The average molecular weight is 602 g/mol. The summed E-state index contributed by atoms with van der Waals surface area (Å²) in [5.41, 5.74) is 4.19. The Bertz CT molecular complexity index is 1970. The van der Waals surface area contributed by atoms with Crippen molar-refractivity contribution in [1.82, 2.24) is 24.8 Å². The number of anilines is 2. The minimum absolute atomic E-state index is 0.244. The SMILES string of the molecule is O=C(Nc1nc2c(C(=O)Nc3nc4c(s3)CN(CCc3ccccc3)CCCC4)cccc2[nH]1)c1cc2ccccc2cn1. The summed E-state index contributed by atoms with van der Waals surface area (Å²) >= 11 is 1.55.